The molecule has 0 aliphatic heterocycles. The number of benzene rings is 1. The minimum absolute atomic E-state index is 0.0154. The number of carbonyl (C=O) groups excluding carboxylic acids is 1. The number of hydrogen-bond donors (Lipinski definition) is 2. The Bertz CT molecular complexity index is 768. The minimum Gasteiger partial charge on any atom is -0.433 e. The van der Waals surface area contributed by atoms with E-state index in [1.165, 1.54) is 18.2 Å². The normalized spacial score (nSPS) is 25.0. The second-order valence-corrected chi connectivity index (χ2v) is 6.49. The lowest BCUT2D eigenvalue weighted by Gasteiger charge is -2.37. The Hall–Kier alpha value is -2.09. The summed E-state index contributed by atoms with van der Waals surface area (Å²) in [6.07, 6.45) is -1.26. The summed E-state index contributed by atoms with van der Waals surface area (Å²) >= 11 is 0. The summed E-state index contributed by atoms with van der Waals surface area (Å²) in [4.78, 5) is 15.9. The summed E-state index contributed by atoms with van der Waals surface area (Å²) in [6, 6.07) is 4.21. The molecule has 130 valence electrons. The first-order valence-corrected chi connectivity index (χ1v) is 7.74. The SMILES string of the molecule is CC1(N)CCCCC1C(=O)Nc1ccc2oc(C(F)(F)F)nc2c1. The molecule has 3 N–H and O–H groups in total. The highest BCUT2D eigenvalue weighted by molar-refractivity contribution is 5.95. The third-order valence-corrected chi connectivity index (χ3v) is 4.47. The summed E-state index contributed by atoms with van der Waals surface area (Å²) in [5.41, 5.74) is 6.05. The van der Waals surface area contributed by atoms with E-state index in [2.05, 4.69) is 14.7 Å². The van der Waals surface area contributed by atoms with Gasteiger partial charge in [0.2, 0.25) is 5.91 Å². The molecule has 1 saturated carbocycles. The lowest BCUT2D eigenvalue weighted by Crippen LogP contribution is -2.51. The molecular formula is C16H18F3N3O2. The Morgan fingerprint density at radius 1 is 1.42 bits per heavy atom. The Labute approximate surface area is 136 Å². The summed E-state index contributed by atoms with van der Waals surface area (Å²) in [7, 11) is 0. The zero-order valence-corrected chi connectivity index (χ0v) is 13.1. The smallest absolute Gasteiger partial charge is 0.433 e. The van der Waals surface area contributed by atoms with E-state index in [0.717, 1.165) is 19.3 Å². The standard InChI is InChI=1S/C16H18F3N3O2/c1-15(20)7-3-2-4-10(15)13(23)21-9-5-6-12-11(8-9)22-14(24-12)16(17,18)19/h5-6,8,10H,2-4,7,20H2,1H3,(H,21,23). The number of rotatable bonds is 2. The number of fused-ring (bicyclic) bond motifs is 1. The van der Waals surface area contributed by atoms with Crippen molar-refractivity contribution in [1.82, 2.24) is 4.98 Å². The van der Waals surface area contributed by atoms with Crippen LogP contribution in [0, 0.1) is 5.92 Å². The first kappa shape index (κ1) is 16.8. The molecule has 2 atom stereocenters. The molecular weight excluding hydrogens is 323 g/mol. The molecule has 24 heavy (non-hydrogen) atoms. The molecule has 5 nitrogen and oxygen atoms in total. The van der Waals surface area contributed by atoms with Crippen molar-refractivity contribution in [1.29, 1.82) is 0 Å². The number of carbonyl (C=O) groups is 1. The summed E-state index contributed by atoms with van der Waals surface area (Å²) < 4.78 is 42.5. The van der Waals surface area contributed by atoms with Crippen molar-refractivity contribution < 1.29 is 22.4 Å². The average molecular weight is 341 g/mol. The van der Waals surface area contributed by atoms with Crippen LogP contribution in [0.25, 0.3) is 11.1 Å². The third-order valence-electron chi connectivity index (χ3n) is 4.47. The fourth-order valence-electron chi connectivity index (χ4n) is 3.14. The minimum atomic E-state index is -4.65. The molecule has 1 aliphatic rings. The van der Waals surface area contributed by atoms with E-state index in [-0.39, 0.29) is 22.9 Å². The van der Waals surface area contributed by atoms with Crippen LogP contribution in [0.2, 0.25) is 0 Å². The topological polar surface area (TPSA) is 81.2 Å². The van der Waals surface area contributed by atoms with Crippen LogP contribution in [0.1, 0.15) is 38.5 Å². The predicted octanol–water partition coefficient (Wildman–Crippen LogP) is 3.69. The lowest BCUT2D eigenvalue weighted by atomic mass is 9.74. The molecule has 0 saturated heterocycles. The fraction of sp³-hybridized carbons (Fsp3) is 0.500. The number of nitrogens with zero attached hydrogens (tertiary/aromatic N) is 1. The van der Waals surface area contributed by atoms with Crippen molar-refractivity contribution in [2.45, 2.75) is 44.3 Å². The van der Waals surface area contributed by atoms with Crippen LogP contribution >= 0.6 is 0 Å². The van der Waals surface area contributed by atoms with Crippen molar-refractivity contribution >= 4 is 22.7 Å². The quantitative estimate of drug-likeness (QED) is 0.873. The number of hydrogen-bond acceptors (Lipinski definition) is 4. The van der Waals surface area contributed by atoms with Gasteiger partial charge in [0.1, 0.15) is 5.52 Å². The van der Waals surface area contributed by atoms with Gasteiger partial charge in [0, 0.05) is 11.2 Å². The van der Waals surface area contributed by atoms with Gasteiger partial charge in [0.05, 0.1) is 5.92 Å². The lowest BCUT2D eigenvalue weighted by molar-refractivity contribution is -0.156. The molecule has 8 heteroatoms. The number of nitrogens with one attached hydrogen (secondary N) is 1. The highest BCUT2D eigenvalue weighted by Gasteiger charge is 2.38. The maximum Gasteiger partial charge on any atom is 0.468 e. The number of anilines is 1. The van der Waals surface area contributed by atoms with Gasteiger partial charge in [0.25, 0.3) is 0 Å². The number of oxazole rings is 1. The van der Waals surface area contributed by atoms with E-state index in [4.69, 9.17) is 5.73 Å². The Morgan fingerprint density at radius 2 is 2.17 bits per heavy atom. The molecule has 3 rings (SSSR count). The van der Waals surface area contributed by atoms with Crippen molar-refractivity contribution in [2.75, 3.05) is 5.32 Å². The Morgan fingerprint density at radius 3 is 2.83 bits per heavy atom. The van der Waals surface area contributed by atoms with E-state index in [9.17, 15) is 18.0 Å². The fourth-order valence-corrected chi connectivity index (χ4v) is 3.14. The van der Waals surface area contributed by atoms with Crippen LogP contribution in [-0.2, 0) is 11.0 Å². The molecule has 1 aromatic carbocycles. The first-order chi connectivity index (χ1) is 11.2. The van der Waals surface area contributed by atoms with Gasteiger partial charge in [-0.05, 0) is 38.0 Å². The van der Waals surface area contributed by atoms with Crippen molar-refractivity contribution in [2.24, 2.45) is 11.7 Å². The molecule has 1 aliphatic carbocycles. The van der Waals surface area contributed by atoms with E-state index in [0.29, 0.717) is 12.1 Å². The van der Waals surface area contributed by atoms with Gasteiger partial charge in [-0.1, -0.05) is 12.8 Å². The van der Waals surface area contributed by atoms with Gasteiger partial charge in [0.15, 0.2) is 5.58 Å². The number of halogens is 3. The maximum atomic E-state index is 12.6. The second-order valence-electron chi connectivity index (χ2n) is 6.49. The molecule has 0 bridgehead atoms. The summed E-state index contributed by atoms with van der Waals surface area (Å²) in [6.45, 7) is 1.85. The highest BCUT2D eigenvalue weighted by Crippen LogP contribution is 2.34. The Kier molecular flexibility index (Phi) is 4.03. The molecule has 1 fully saturated rings. The summed E-state index contributed by atoms with van der Waals surface area (Å²) in [5, 5.41) is 2.73. The molecule has 1 aromatic heterocycles. The van der Waals surface area contributed by atoms with Crippen LogP contribution < -0.4 is 11.1 Å². The number of aromatic nitrogens is 1. The number of nitrogens with two attached hydrogens (primary N) is 1. The molecule has 2 unspecified atom stereocenters. The van der Waals surface area contributed by atoms with Crippen LogP contribution in [0.5, 0.6) is 0 Å². The van der Waals surface area contributed by atoms with Crippen LogP contribution in [0.15, 0.2) is 22.6 Å². The number of amides is 1. The van der Waals surface area contributed by atoms with E-state index >= 15 is 0 Å². The van der Waals surface area contributed by atoms with Gasteiger partial charge in [-0.3, -0.25) is 4.79 Å². The highest BCUT2D eigenvalue weighted by atomic mass is 19.4. The zero-order chi connectivity index (χ0) is 17.5. The first-order valence-electron chi connectivity index (χ1n) is 7.74. The molecule has 0 radical (unpaired) electrons. The Balaban J connectivity index is 1.81. The summed E-state index contributed by atoms with van der Waals surface area (Å²) in [5.74, 6) is -1.86. The van der Waals surface area contributed by atoms with Gasteiger partial charge in [-0.25, -0.2) is 4.98 Å². The zero-order valence-electron chi connectivity index (χ0n) is 13.1. The molecule has 0 spiro atoms. The van der Waals surface area contributed by atoms with E-state index in [1.54, 1.807) is 0 Å². The molecule has 1 amide bonds. The van der Waals surface area contributed by atoms with Crippen LogP contribution in [0.4, 0.5) is 18.9 Å². The van der Waals surface area contributed by atoms with Crippen LogP contribution in [0.3, 0.4) is 0 Å². The van der Waals surface area contributed by atoms with Crippen LogP contribution in [-0.4, -0.2) is 16.4 Å². The van der Waals surface area contributed by atoms with Crippen molar-refractivity contribution in [3.05, 3.63) is 24.1 Å². The number of alkyl halides is 3. The van der Waals surface area contributed by atoms with E-state index < -0.39 is 17.6 Å². The third kappa shape index (κ3) is 3.24. The van der Waals surface area contributed by atoms with Gasteiger partial charge >= 0.3 is 12.1 Å². The molecule has 2 aromatic rings. The monoisotopic (exact) mass is 341 g/mol. The van der Waals surface area contributed by atoms with Crippen molar-refractivity contribution in [3.8, 4) is 0 Å². The van der Waals surface area contributed by atoms with Gasteiger partial charge < -0.3 is 15.5 Å². The van der Waals surface area contributed by atoms with Gasteiger partial charge in [-0.15, -0.1) is 0 Å². The molecule has 1 heterocycles. The maximum absolute atomic E-state index is 12.6. The van der Waals surface area contributed by atoms with E-state index in [1.807, 2.05) is 6.92 Å². The predicted molar refractivity (Wildman–Crippen MR) is 82.2 cm³/mol. The second kappa shape index (κ2) is 5.77. The van der Waals surface area contributed by atoms with Gasteiger partial charge in [-0.2, -0.15) is 13.2 Å². The largest absolute Gasteiger partial charge is 0.468 e. The van der Waals surface area contributed by atoms with Crippen molar-refractivity contribution in [3.63, 3.8) is 0 Å². The average Bonchev–Trinajstić information content (AvgIpc) is 2.90.